The third-order valence-corrected chi connectivity index (χ3v) is 7.32. The Morgan fingerprint density at radius 2 is 1.64 bits per heavy atom. The van der Waals surface area contributed by atoms with Gasteiger partial charge in [-0.15, -0.1) is 0 Å². The van der Waals surface area contributed by atoms with E-state index in [0.717, 1.165) is 39.8 Å². The number of hydrogen-bond acceptors (Lipinski definition) is 4. The number of carbonyl (C=O) groups excluding carboxylic acids is 1. The lowest BCUT2D eigenvalue weighted by molar-refractivity contribution is -0.122. The quantitative estimate of drug-likeness (QED) is 0.544. The fourth-order valence-corrected chi connectivity index (χ4v) is 5.32. The standard InChI is InChI=1S/C26H38N2O4S/c1-10-24(28(33(9,30)31)21-12-11-17(4)18(5)13-21)26(29)27-20(7)23-15-22(16(2)3)25(32-8)14-19(23)6/h11-16,20,24H,10H2,1-9H3,(H,27,29). The lowest BCUT2D eigenvalue weighted by Crippen LogP contribution is -2.49. The van der Waals surface area contributed by atoms with Gasteiger partial charge in [0.25, 0.3) is 0 Å². The number of nitrogens with zero attached hydrogens (tertiary/aromatic N) is 1. The number of hydrogen-bond donors (Lipinski definition) is 1. The van der Waals surface area contributed by atoms with E-state index in [1.807, 2.05) is 52.8 Å². The maximum atomic E-state index is 13.4. The van der Waals surface area contributed by atoms with Crippen molar-refractivity contribution >= 4 is 21.6 Å². The second-order valence-electron chi connectivity index (χ2n) is 9.09. The lowest BCUT2D eigenvalue weighted by atomic mass is 9.93. The largest absolute Gasteiger partial charge is 0.496 e. The van der Waals surface area contributed by atoms with Crippen LogP contribution in [0.5, 0.6) is 5.75 Å². The van der Waals surface area contributed by atoms with Gasteiger partial charge in [0.15, 0.2) is 0 Å². The summed E-state index contributed by atoms with van der Waals surface area (Å²) in [5.41, 5.74) is 5.59. The Morgan fingerprint density at radius 3 is 2.12 bits per heavy atom. The highest BCUT2D eigenvalue weighted by molar-refractivity contribution is 7.92. The van der Waals surface area contributed by atoms with Crippen LogP contribution in [0.25, 0.3) is 0 Å². The zero-order chi connectivity index (χ0) is 25.1. The van der Waals surface area contributed by atoms with E-state index in [1.165, 1.54) is 4.31 Å². The van der Waals surface area contributed by atoms with Crippen LogP contribution in [0.2, 0.25) is 0 Å². The van der Waals surface area contributed by atoms with Gasteiger partial charge in [0.1, 0.15) is 11.8 Å². The molecular weight excluding hydrogens is 436 g/mol. The molecule has 6 nitrogen and oxygen atoms in total. The summed E-state index contributed by atoms with van der Waals surface area (Å²) in [6.45, 7) is 13.8. The van der Waals surface area contributed by atoms with Crippen molar-refractivity contribution in [1.82, 2.24) is 5.32 Å². The van der Waals surface area contributed by atoms with Crippen LogP contribution in [0.3, 0.4) is 0 Å². The summed E-state index contributed by atoms with van der Waals surface area (Å²) < 4.78 is 32.3. The number of nitrogens with one attached hydrogen (secondary N) is 1. The van der Waals surface area contributed by atoms with Crippen molar-refractivity contribution in [1.29, 1.82) is 0 Å². The van der Waals surface area contributed by atoms with Crippen LogP contribution >= 0.6 is 0 Å². The maximum Gasteiger partial charge on any atom is 0.244 e. The molecule has 0 aliphatic heterocycles. The van der Waals surface area contributed by atoms with Crippen molar-refractivity contribution in [3.05, 3.63) is 58.1 Å². The van der Waals surface area contributed by atoms with Gasteiger partial charge in [-0.1, -0.05) is 26.8 Å². The molecule has 0 radical (unpaired) electrons. The van der Waals surface area contributed by atoms with E-state index in [4.69, 9.17) is 4.74 Å². The Hall–Kier alpha value is -2.54. The summed E-state index contributed by atoms with van der Waals surface area (Å²) in [4.78, 5) is 13.4. The van der Waals surface area contributed by atoms with E-state index in [9.17, 15) is 13.2 Å². The monoisotopic (exact) mass is 474 g/mol. The van der Waals surface area contributed by atoms with E-state index in [1.54, 1.807) is 13.2 Å². The Balaban J connectivity index is 2.41. The molecule has 2 atom stereocenters. The van der Waals surface area contributed by atoms with Crippen LogP contribution in [0.15, 0.2) is 30.3 Å². The molecule has 1 amide bonds. The Morgan fingerprint density at radius 1 is 1.00 bits per heavy atom. The maximum absolute atomic E-state index is 13.4. The van der Waals surface area contributed by atoms with E-state index in [0.29, 0.717) is 12.1 Å². The summed E-state index contributed by atoms with van der Waals surface area (Å²) in [6.07, 6.45) is 1.49. The Bertz CT molecular complexity index is 1110. The van der Waals surface area contributed by atoms with Gasteiger partial charge in [-0.05, 0) is 92.1 Å². The summed E-state index contributed by atoms with van der Waals surface area (Å²) >= 11 is 0. The number of amides is 1. The fraction of sp³-hybridized carbons (Fsp3) is 0.500. The van der Waals surface area contributed by atoms with Gasteiger partial charge in [0.2, 0.25) is 15.9 Å². The van der Waals surface area contributed by atoms with Crippen molar-refractivity contribution < 1.29 is 17.9 Å². The molecule has 33 heavy (non-hydrogen) atoms. The molecule has 7 heteroatoms. The minimum Gasteiger partial charge on any atom is -0.496 e. The molecule has 0 aromatic heterocycles. The van der Waals surface area contributed by atoms with Crippen LogP contribution in [-0.2, 0) is 14.8 Å². The minimum atomic E-state index is -3.68. The number of methoxy groups -OCH3 is 1. The van der Waals surface area contributed by atoms with E-state index in [2.05, 4.69) is 25.2 Å². The Kier molecular flexibility index (Phi) is 8.57. The SMILES string of the molecule is CCC(C(=O)NC(C)c1cc(C(C)C)c(OC)cc1C)N(c1ccc(C)c(C)c1)S(C)(=O)=O. The summed E-state index contributed by atoms with van der Waals surface area (Å²) in [6, 6.07) is 8.36. The van der Waals surface area contributed by atoms with Crippen molar-refractivity contribution in [3.63, 3.8) is 0 Å². The smallest absolute Gasteiger partial charge is 0.244 e. The average Bonchev–Trinajstić information content (AvgIpc) is 2.72. The summed E-state index contributed by atoms with van der Waals surface area (Å²) in [5, 5.41) is 3.05. The van der Waals surface area contributed by atoms with Crippen molar-refractivity contribution in [2.45, 2.75) is 72.9 Å². The third kappa shape index (κ3) is 6.08. The van der Waals surface area contributed by atoms with Gasteiger partial charge in [-0.25, -0.2) is 8.42 Å². The number of ether oxygens (including phenoxy) is 1. The number of anilines is 1. The van der Waals surface area contributed by atoms with Crippen LogP contribution in [-0.4, -0.2) is 33.7 Å². The normalized spacial score (nSPS) is 13.5. The highest BCUT2D eigenvalue weighted by Gasteiger charge is 2.32. The first-order chi connectivity index (χ1) is 15.3. The molecular formula is C26H38N2O4S. The van der Waals surface area contributed by atoms with Gasteiger partial charge >= 0.3 is 0 Å². The average molecular weight is 475 g/mol. The second kappa shape index (κ2) is 10.6. The van der Waals surface area contributed by atoms with Crippen molar-refractivity contribution in [2.24, 2.45) is 0 Å². The van der Waals surface area contributed by atoms with E-state index >= 15 is 0 Å². The number of sulfonamides is 1. The molecule has 0 spiro atoms. The van der Waals surface area contributed by atoms with Crippen LogP contribution in [0.1, 0.15) is 73.9 Å². The first kappa shape index (κ1) is 26.7. The highest BCUT2D eigenvalue weighted by atomic mass is 32.2. The van der Waals surface area contributed by atoms with Crippen LogP contribution < -0.4 is 14.4 Å². The van der Waals surface area contributed by atoms with Crippen LogP contribution in [0, 0.1) is 20.8 Å². The predicted molar refractivity (Wildman–Crippen MR) is 136 cm³/mol. The predicted octanol–water partition coefficient (Wildman–Crippen LogP) is 5.17. The molecule has 0 bridgehead atoms. The molecule has 2 aromatic rings. The van der Waals surface area contributed by atoms with E-state index < -0.39 is 16.1 Å². The van der Waals surface area contributed by atoms with Crippen LogP contribution in [0.4, 0.5) is 5.69 Å². The van der Waals surface area contributed by atoms with Gasteiger partial charge in [-0.2, -0.15) is 0 Å². The highest BCUT2D eigenvalue weighted by Crippen LogP contribution is 2.32. The number of benzene rings is 2. The molecule has 2 aromatic carbocycles. The first-order valence-electron chi connectivity index (χ1n) is 11.4. The Labute approximate surface area is 199 Å². The van der Waals surface area contributed by atoms with Gasteiger partial charge in [0, 0.05) is 0 Å². The zero-order valence-electron chi connectivity index (χ0n) is 21.3. The molecule has 0 saturated heterocycles. The molecule has 0 aliphatic rings. The number of rotatable bonds is 9. The van der Waals surface area contributed by atoms with Crippen molar-refractivity contribution in [3.8, 4) is 5.75 Å². The summed E-state index contributed by atoms with van der Waals surface area (Å²) in [5.74, 6) is 0.764. The molecule has 182 valence electrons. The van der Waals surface area contributed by atoms with Gasteiger partial charge in [0.05, 0.1) is 25.1 Å². The summed E-state index contributed by atoms with van der Waals surface area (Å²) in [7, 11) is -2.03. The first-order valence-corrected chi connectivity index (χ1v) is 13.2. The number of carbonyl (C=O) groups is 1. The van der Waals surface area contributed by atoms with Gasteiger partial charge < -0.3 is 10.1 Å². The number of aryl methyl sites for hydroxylation is 3. The minimum absolute atomic E-state index is 0.260. The molecule has 0 heterocycles. The molecule has 0 aliphatic carbocycles. The molecule has 1 N–H and O–H groups in total. The fourth-order valence-electron chi connectivity index (χ4n) is 4.12. The molecule has 0 saturated carbocycles. The molecule has 2 unspecified atom stereocenters. The molecule has 0 fully saturated rings. The lowest BCUT2D eigenvalue weighted by Gasteiger charge is -2.31. The zero-order valence-corrected chi connectivity index (χ0v) is 22.1. The van der Waals surface area contributed by atoms with Crippen molar-refractivity contribution in [2.75, 3.05) is 17.7 Å². The molecule has 2 rings (SSSR count). The topological polar surface area (TPSA) is 75.7 Å². The third-order valence-electron chi connectivity index (χ3n) is 6.14. The van der Waals surface area contributed by atoms with Gasteiger partial charge in [-0.3, -0.25) is 9.10 Å². The van der Waals surface area contributed by atoms with E-state index in [-0.39, 0.29) is 17.9 Å². The second-order valence-corrected chi connectivity index (χ2v) is 10.9.